The van der Waals surface area contributed by atoms with Gasteiger partial charge < -0.3 is 0 Å². The topological polar surface area (TPSA) is 17.1 Å². The van der Waals surface area contributed by atoms with Crippen molar-refractivity contribution in [3.05, 3.63) is 56.8 Å². The minimum Gasteiger partial charge on any atom is -0.293 e. The van der Waals surface area contributed by atoms with E-state index in [9.17, 15) is 13.6 Å². The Labute approximate surface area is 113 Å². The maximum atomic E-state index is 13.1. The SMILES string of the molecule is O=C(Cc1ccc(F)c(F)c1)c1cc2c(s1)CCC2. The quantitative estimate of drug-likeness (QED) is 0.777. The molecule has 1 nitrogen and oxygen atoms in total. The standard InChI is InChI=1S/C15H12F2OS/c16-11-5-4-9(6-12(11)17)7-13(18)15-8-10-2-1-3-14(10)19-15/h4-6,8H,1-3,7H2. The van der Waals surface area contributed by atoms with Crippen molar-refractivity contribution in [2.75, 3.05) is 0 Å². The highest BCUT2D eigenvalue weighted by atomic mass is 32.1. The van der Waals surface area contributed by atoms with E-state index in [4.69, 9.17) is 0 Å². The molecule has 0 bridgehead atoms. The van der Waals surface area contributed by atoms with Gasteiger partial charge in [0, 0.05) is 11.3 Å². The zero-order valence-electron chi connectivity index (χ0n) is 10.2. The number of hydrogen-bond acceptors (Lipinski definition) is 2. The van der Waals surface area contributed by atoms with Gasteiger partial charge in [0.05, 0.1) is 4.88 Å². The van der Waals surface area contributed by atoms with Gasteiger partial charge in [-0.1, -0.05) is 6.07 Å². The minimum atomic E-state index is -0.904. The summed E-state index contributed by atoms with van der Waals surface area (Å²) in [5.74, 6) is -1.81. The van der Waals surface area contributed by atoms with E-state index < -0.39 is 11.6 Å². The number of aryl methyl sites for hydroxylation is 2. The van der Waals surface area contributed by atoms with Gasteiger partial charge >= 0.3 is 0 Å². The molecule has 1 heterocycles. The van der Waals surface area contributed by atoms with E-state index in [2.05, 4.69) is 0 Å². The number of Topliss-reactive ketones (excluding diaryl/α,β-unsaturated/α-hetero) is 1. The van der Waals surface area contributed by atoms with Crippen LogP contribution >= 0.6 is 11.3 Å². The van der Waals surface area contributed by atoms with Gasteiger partial charge in [0.1, 0.15) is 0 Å². The molecule has 98 valence electrons. The summed E-state index contributed by atoms with van der Waals surface area (Å²) >= 11 is 1.54. The fourth-order valence-corrected chi connectivity index (χ4v) is 3.58. The number of rotatable bonds is 3. The van der Waals surface area contributed by atoms with Crippen LogP contribution in [0, 0.1) is 11.6 Å². The highest BCUT2D eigenvalue weighted by Gasteiger charge is 2.18. The molecule has 19 heavy (non-hydrogen) atoms. The molecule has 0 unspecified atom stereocenters. The van der Waals surface area contributed by atoms with E-state index in [0.717, 1.165) is 29.9 Å². The van der Waals surface area contributed by atoms with Gasteiger partial charge in [-0.2, -0.15) is 0 Å². The lowest BCUT2D eigenvalue weighted by atomic mass is 10.1. The summed E-state index contributed by atoms with van der Waals surface area (Å²) in [6.07, 6.45) is 3.39. The normalized spacial score (nSPS) is 13.6. The second kappa shape index (κ2) is 4.85. The first-order valence-electron chi connectivity index (χ1n) is 6.22. The second-order valence-corrected chi connectivity index (χ2v) is 5.90. The Morgan fingerprint density at radius 3 is 2.74 bits per heavy atom. The Bertz CT molecular complexity index is 624. The molecule has 0 radical (unpaired) electrons. The van der Waals surface area contributed by atoms with Crippen LogP contribution in [-0.2, 0) is 19.3 Å². The van der Waals surface area contributed by atoms with Crippen LogP contribution in [0.15, 0.2) is 24.3 Å². The summed E-state index contributed by atoms with van der Waals surface area (Å²) in [5.41, 5.74) is 1.79. The molecule has 0 fully saturated rings. The molecule has 2 aromatic rings. The van der Waals surface area contributed by atoms with Gasteiger partial charge in [0.15, 0.2) is 17.4 Å². The van der Waals surface area contributed by atoms with Crippen molar-refractivity contribution in [3.63, 3.8) is 0 Å². The van der Waals surface area contributed by atoms with E-state index in [1.54, 1.807) is 0 Å². The molecule has 0 N–H and O–H groups in total. The molecule has 4 heteroatoms. The number of carbonyl (C=O) groups excluding carboxylic acids is 1. The first-order chi connectivity index (χ1) is 9.13. The first kappa shape index (κ1) is 12.5. The predicted molar refractivity (Wildman–Crippen MR) is 70.7 cm³/mol. The lowest BCUT2D eigenvalue weighted by Gasteiger charge is -2.00. The third kappa shape index (κ3) is 2.45. The van der Waals surface area contributed by atoms with Crippen molar-refractivity contribution in [2.45, 2.75) is 25.7 Å². The highest BCUT2D eigenvalue weighted by Crippen LogP contribution is 2.31. The Morgan fingerprint density at radius 1 is 1.16 bits per heavy atom. The van der Waals surface area contributed by atoms with Crippen molar-refractivity contribution in [1.82, 2.24) is 0 Å². The Balaban J connectivity index is 1.78. The van der Waals surface area contributed by atoms with Gasteiger partial charge in [0.2, 0.25) is 0 Å². The number of benzene rings is 1. The summed E-state index contributed by atoms with van der Waals surface area (Å²) in [6, 6.07) is 5.56. The number of thiophene rings is 1. The molecule has 0 amide bonds. The van der Waals surface area contributed by atoms with Crippen LogP contribution in [0.4, 0.5) is 8.78 Å². The van der Waals surface area contributed by atoms with Crippen LogP contribution in [0.5, 0.6) is 0 Å². The maximum Gasteiger partial charge on any atom is 0.177 e. The smallest absolute Gasteiger partial charge is 0.177 e. The van der Waals surface area contributed by atoms with Gasteiger partial charge in [-0.05, 0) is 48.6 Å². The molecule has 1 aromatic carbocycles. The molecular formula is C15H12F2OS. The van der Waals surface area contributed by atoms with Gasteiger partial charge in [-0.15, -0.1) is 11.3 Å². The molecule has 0 atom stereocenters. The van der Waals surface area contributed by atoms with Gasteiger partial charge in [-0.3, -0.25) is 4.79 Å². The highest BCUT2D eigenvalue weighted by molar-refractivity contribution is 7.14. The van der Waals surface area contributed by atoms with Crippen LogP contribution in [0.25, 0.3) is 0 Å². The van der Waals surface area contributed by atoms with Crippen LogP contribution in [0.3, 0.4) is 0 Å². The van der Waals surface area contributed by atoms with Crippen molar-refractivity contribution >= 4 is 17.1 Å². The molecular weight excluding hydrogens is 266 g/mol. The summed E-state index contributed by atoms with van der Waals surface area (Å²) in [7, 11) is 0. The van der Waals surface area contributed by atoms with E-state index in [-0.39, 0.29) is 12.2 Å². The summed E-state index contributed by atoms with van der Waals surface area (Å²) < 4.78 is 25.9. The fraction of sp³-hybridized carbons (Fsp3) is 0.267. The molecule has 1 aliphatic carbocycles. The van der Waals surface area contributed by atoms with Crippen molar-refractivity contribution < 1.29 is 13.6 Å². The lowest BCUT2D eigenvalue weighted by Crippen LogP contribution is -2.02. The minimum absolute atomic E-state index is 0.0228. The van der Waals surface area contributed by atoms with Crippen molar-refractivity contribution in [1.29, 1.82) is 0 Å². The van der Waals surface area contributed by atoms with Crippen LogP contribution in [0.1, 0.15) is 32.1 Å². The van der Waals surface area contributed by atoms with E-state index in [1.807, 2.05) is 6.07 Å². The largest absolute Gasteiger partial charge is 0.293 e. The molecule has 0 aliphatic heterocycles. The maximum absolute atomic E-state index is 13.1. The summed E-state index contributed by atoms with van der Waals surface area (Å²) in [6.45, 7) is 0. The third-order valence-corrected chi connectivity index (χ3v) is 4.65. The van der Waals surface area contributed by atoms with E-state index >= 15 is 0 Å². The average molecular weight is 278 g/mol. The van der Waals surface area contributed by atoms with Gasteiger partial charge in [0.25, 0.3) is 0 Å². The van der Waals surface area contributed by atoms with E-state index in [1.165, 1.54) is 34.3 Å². The number of halogens is 2. The zero-order valence-corrected chi connectivity index (χ0v) is 11.0. The number of fused-ring (bicyclic) bond motifs is 1. The third-order valence-electron chi connectivity index (χ3n) is 3.37. The summed E-state index contributed by atoms with van der Waals surface area (Å²) in [5, 5.41) is 0. The Kier molecular flexibility index (Phi) is 3.19. The predicted octanol–water partition coefficient (Wildman–Crippen LogP) is 3.94. The molecule has 3 rings (SSSR count). The zero-order chi connectivity index (χ0) is 13.4. The number of carbonyl (C=O) groups is 1. The molecule has 0 saturated carbocycles. The monoisotopic (exact) mass is 278 g/mol. The number of hydrogen-bond donors (Lipinski definition) is 0. The first-order valence-corrected chi connectivity index (χ1v) is 7.04. The molecule has 1 aromatic heterocycles. The Hall–Kier alpha value is -1.55. The number of ketones is 1. The fourth-order valence-electron chi connectivity index (χ4n) is 2.39. The lowest BCUT2D eigenvalue weighted by molar-refractivity contribution is 0.0996. The van der Waals surface area contributed by atoms with Crippen molar-refractivity contribution in [2.24, 2.45) is 0 Å². The van der Waals surface area contributed by atoms with Crippen LogP contribution in [-0.4, -0.2) is 5.78 Å². The van der Waals surface area contributed by atoms with Crippen LogP contribution < -0.4 is 0 Å². The van der Waals surface area contributed by atoms with Crippen molar-refractivity contribution in [3.8, 4) is 0 Å². The molecule has 0 spiro atoms. The molecule has 1 aliphatic rings. The summed E-state index contributed by atoms with van der Waals surface area (Å²) in [4.78, 5) is 14.1. The molecule has 0 saturated heterocycles. The van der Waals surface area contributed by atoms with Crippen LogP contribution in [0.2, 0.25) is 0 Å². The second-order valence-electron chi connectivity index (χ2n) is 4.76. The average Bonchev–Trinajstić information content (AvgIpc) is 2.94. The Morgan fingerprint density at radius 2 is 2.00 bits per heavy atom. The van der Waals surface area contributed by atoms with E-state index in [0.29, 0.717) is 5.56 Å². The van der Waals surface area contributed by atoms with Gasteiger partial charge in [-0.25, -0.2) is 8.78 Å².